The van der Waals surface area contributed by atoms with Crippen LogP contribution in [-0.4, -0.2) is 88.2 Å². The molecule has 4 bridgehead atoms. The zero-order chi connectivity index (χ0) is 32.8. The average molecular weight is 651 g/mol. The molecule has 0 aromatic heterocycles. The summed E-state index contributed by atoms with van der Waals surface area (Å²) in [4.78, 5) is 42.2. The number of hydrogen-bond acceptors (Lipinski definition) is 13. The number of amides is 1. The maximum Gasteiger partial charge on any atom is 0.329 e. The first-order valence-corrected chi connectivity index (χ1v) is 16.1. The van der Waals surface area contributed by atoms with Crippen molar-refractivity contribution >= 4 is 29.6 Å². The van der Waals surface area contributed by atoms with Crippen LogP contribution in [0.1, 0.15) is 64.6 Å². The Morgan fingerprint density at radius 1 is 1.11 bits per heavy atom. The molecule has 6 aliphatic heterocycles. The van der Waals surface area contributed by atoms with Gasteiger partial charge in [0.2, 0.25) is 12.7 Å². The lowest BCUT2D eigenvalue weighted by molar-refractivity contribution is -0.152. The maximum absolute atomic E-state index is 13.4. The van der Waals surface area contributed by atoms with E-state index in [9.17, 15) is 29.9 Å². The van der Waals surface area contributed by atoms with Crippen molar-refractivity contribution in [2.75, 3.05) is 26.2 Å². The van der Waals surface area contributed by atoms with Crippen LogP contribution in [0.15, 0.2) is 6.07 Å². The quantitative estimate of drug-likeness (QED) is 0.246. The summed E-state index contributed by atoms with van der Waals surface area (Å²) in [5.41, 5.74) is 3.73. The number of benzene rings is 2. The number of esters is 2. The van der Waals surface area contributed by atoms with Gasteiger partial charge in [-0.25, -0.2) is 4.79 Å². The fourth-order valence-electron chi connectivity index (χ4n) is 8.06. The van der Waals surface area contributed by atoms with E-state index in [0.717, 1.165) is 5.56 Å². The molecule has 2 fully saturated rings. The number of carbonyl (C=O) groups excluding carboxylic acids is 3. The monoisotopic (exact) mass is 650 g/mol. The fourth-order valence-corrected chi connectivity index (χ4v) is 9.57. The third-order valence-corrected chi connectivity index (χ3v) is 11.3. The summed E-state index contributed by atoms with van der Waals surface area (Å²) in [6, 6.07) is 0.566. The number of nitrogens with zero attached hydrogens (tertiary/aromatic N) is 3. The number of thioether (sulfide) groups is 1. The highest BCUT2D eigenvalue weighted by molar-refractivity contribution is 7.99. The molecular weight excluding hydrogens is 616 g/mol. The predicted octanol–water partition coefficient (Wildman–Crippen LogP) is 2.43. The van der Waals surface area contributed by atoms with Crippen LogP contribution in [0.3, 0.4) is 0 Å². The van der Waals surface area contributed by atoms with Crippen LogP contribution < -0.4 is 19.5 Å². The van der Waals surface area contributed by atoms with Gasteiger partial charge in [-0.3, -0.25) is 19.4 Å². The van der Waals surface area contributed by atoms with Crippen molar-refractivity contribution in [3.8, 4) is 34.8 Å². The number of aryl methyl sites for hydroxylation is 1. The lowest BCUT2D eigenvalue weighted by Crippen LogP contribution is -2.69. The molecular formula is C32H34N4O9S. The summed E-state index contributed by atoms with van der Waals surface area (Å²) in [5, 5.41) is 35.4. The summed E-state index contributed by atoms with van der Waals surface area (Å²) < 4.78 is 23.8. The summed E-state index contributed by atoms with van der Waals surface area (Å²) in [6.45, 7) is 5.88. The van der Waals surface area contributed by atoms with Crippen LogP contribution in [0.4, 0.5) is 0 Å². The van der Waals surface area contributed by atoms with Crippen LogP contribution in [0, 0.1) is 25.2 Å². The number of hydrogen-bond donors (Lipinski definition) is 3. The SMILES string of the molecule is CC(=O)N[C@H]1CS[C@@H]2c3c(OC(C)=O)c(C)c4c(c3[C@H](COC1=O)N1C2[C@H]2c3c(cc(C)c(O)c3O)C[C@@H]([C@@H]1C#N)N2C)OCO4. The first kappa shape index (κ1) is 30.5. The number of rotatable bonds is 2. The normalized spacial score (nSPS) is 29.5. The number of phenols is 2. The standard InChI is InChI=1S/C32H34N4O9S/c1-12-6-16-7-18-19(8-33)36-20-9-42-32(41)17(34-14(3)37)10-46-31(25(36)24(35(18)5)21(16)27(40)26(12)39)23-22(20)30-29(43-11-44-30)13(2)28(23)45-15(4)38/h6,17-20,24-25,31,39-40H,7,9-11H2,1-5H3,(H,34,37)/t17-,18-,19-,20-,24+,25?,31+/m0/s1. The third-order valence-electron chi connectivity index (χ3n) is 9.86. The van der Waals surface area contributed by atoms with Gasteiger partial charge >= 0.3 is 11.9 Å². The second-order valence-electron chi connectivity index (χ2n) is 12.4. The van der Waals surface area contributed by atoms with Gasteiger partial charge in [0.1, 0.15) is 24.4 Å². The Bertz CT molecular complexity index is 1740. The second-order valence-corrected chi connectivity index (χ2v) is 13.6. The molecule has 2 saturated heterocycles. The number of likely N-dealkylation sites (N-methyl/N-ethyl adjacent to an activating group) is 1. The van der Waals surface area contributed by atoms with Crippen molar-refractivity contribution in [1.29, 1.82) is 5.26 Å². The number of carbonyl (C=O) groups is 3. The molecule has 1 amide bonds. The minimum Gasteiger partial charge on any atom is -0.504 e. The Balaban J connectivity index is 1.54. The minimum atomic E-state index is -0.967. The minimum absolute atomic E-state index is 0.0694. The summed E-state index contributed by atoms with van der Waals surface area (Å²) in [6.07, 6.45) is 0.435. The van der Waals surface area contributed by atoms with Gasteiger partial charge in [-0.1, -0.05) is 6.07 Å². The molecule has 2 aromatic carbocycles. The van der Waals surface area contributed by atoms with Gasteiger partial charge in [0.25, 0.3) is 0 Å². The summed E-state index contributed by atoms with van der Waals surface area (Å²) in [7, 11) is 1.91. The molecule has 2 aromatic rings. The van der Waals surface area contributed by atoms with E-state index in [1.54, 1.807) is 13.8 Å². The lowest BCUT2D eigenvalue weighted by Gasteiger charge is -2.61. The van der Waals surface area contributed by atoms with Crippen LogP contribution in [0.5, 0.6) is 28.7 Å². The molecule has 6 aliphatic rings. The number of phenolic OH excluding ortho intramolecular Hbond substituents is 2. The molecule has 242 valence electrons. The van der Waals surface area contributed by atoms with Gasteiger partial charge in [0, 0.05) is 53.9 Å². The molecule has 8 rings (SSSR count). The van der Waals surface area contributed by atoms with Crippen LogP contribution in [0.25, 0.3) is 0 Å². The smallest absolute Gasteiger partial charge is 0.329 e. The predicted molar refractivity (Wildman–Crippen MR) is 163 cm³/mol. The van der Waals surface area contributed by atoms with Gasteiger partial charge in [0.15, 0.2) is 23.0 Å². The van der Waals surface area contributed by atoms with Gasteiger partial charge < -0.3 is 34.5 Å². The zero-order valence-corrected chi connectivity index (χ0v) is 26.8. The topological polar surface area (TPSA) is 171 Å². The Labute approximate surface area is 269 Å². The van der Waals surface area contributed by atoms with Crippen molar-refractivity contribution in [3.05, 3.63) is 39.4 Å². The highest BCUT2D eigenvalue weighted by atomic mass is 32.2. The second kappa shape index (κ2) is 11.0. The zero-order valence-electron chi connectivity index (χ0n) is 25.9. The van der Waals surface area contributed by atoms with Crippen molar-refractivity contribution in [3.63, 3.8) is 0 Å². The maximum atomic E-state index is 13.4. The van der Waals surface area contributed by atoms with Crippen molar-refractivity contribution < 1.29 is 43.5 Å². The molecule has 0 aliphatic carbocycles. The van der Waals surface area contributed by atoms with E-state index in [1.807, 2.05) is 13.1 Å². The van der Waals surface area contributed by atoms with Crippen LogP contribution >= 0.6 is 11.8 Å². The van der Waals surface area contributed by atoms with Crippen molar-refractivity contribution in [2.24, 2.45) is 0 Å². The number of nitriles is 1. The van der Waals surface area contributed by atoms with Gasteiger partial charge in [-0.05, 0) is 38.4 Å². The molecule has 13 nitrogen and oxygen atoms in total. The molecule has 3 N–H and O–H groups in total. The molecule has 0 radical (unpaired) electrons. The number of ether oxygens (including phenoxy) is 4. The molecule has 0 spiro atoms. The summed E-state index contributed by atoms with van der Waals surface area (Å²) >= 11 is 1.36. The van der Waals surface area contributed by atoms with E-state index in [0.29, 0.717) is 51.5 Å². The number of piperazine rings is 1. The lowest BCUT2D eigenvalue weighted by atomic mass is 9.71. The highest BCUT2D eigenvalue weighted by Crippen LogP contribution is 2.64. The molecule has 46 heavy (non-hydrogen) atoms. The van der Waals surface area contributed by atoms with E-state index < -0.39 is 53.3 Å². The van der Waals surface area contributed by atoms with Gasteiger partial charge in [-0.15, -0.1) is 11.8 Å². The highest BCUT2D eigenvalue weighted by Gasteiger charge is 2.60. The van der Waals surface area contributed by atoms with E-state index in [2.05, 4.69) is 21.2 Å². The Morgan fingerprint density at radius 2 is 1.85 bits per heavy atom. The Hall–Kier alpha value is -4.19. The number of fused-ring (bicyclic) bond motifs is 10. The molecule has 14 heteroatoms. The molecule has 7 atom stereocenters. The number of nitrogens with one attached hydrogen (secondary N) is 1. The third kappa shape index (κ3) is 4.32. The van der Waals surface area contributed by atoms with E-state index >= 15 is 0 Å². The van der Waals surface area contributed by atoms with E-state index in [1.165, 1.54) is 25.6 Å². The van der Waals surface area contributed by atoms with Crippen molar-refractivity contribution in [2.45, 2.75) is 75.6 Å². The molecule has 1 unspecified atom stereocenters. The number of aromatic hydroxyl groups is 2. The Morgan fingerprint density at radius 3 is 2.54 bits per heavy atom. The van der Waals surface area contributed by atoms with Gasteiger partial charge in [-0.2, -0.15) is 5.26 Å². The van der Waals surface area contributed by atoms with Crippen LogP contribution in [0.2, 0.25) is 0 Å². The summed E-state index contributed by atoms with van der Waals surface area (Å²) in [5.74, 6) is -0.743. The fraction of sp³-hybridized carbons (Fsp3) is 0.500. The largest absolute Gasteiger partial charge is 0.504 e. The Kier molecular flexibility index (Phi) is 7.26. The van der Waals surface area contributed by atoms with E-state index in [-0.39, 0.29) is 36.7 Å². The van der Waals surface area contributed by atoms with Crippen molar-refractivity contribution in [1.82, 2.24) is 15.1 Å². The molecule has 6 heterocycles. The van der Waals surface area contributed by atoms with E-state index in [4.69, 9.17) is 18.9 Å². The first-order valence-electron chi connectivity index (χ1n) is 15.1. The van der Waals surface area contributed by atoms with Gasteiger partial charge in [0.05, 0.1) is 23.4 Å². The van der Waals surface area contributed by atoms with Crippen LogP contribution in [-0.2, 0) is 25.5 Å². The molecule has 0 saturated carbocycles. The first-order chi connectivity index (χ1) is 21.9. The average Bonchev–Trinajstić information content (AvgIpc) is 3.49.